The molecular formula is C12H14FN3O3. The molecule has 0 heterocycles. The second-order valence-electron chi connectivity index (χ2n) is 4.45. The molecule has 1 fully saturated rings. The van der Waals surface area contributed by atoms with E-state index in [-0.39, 0.29) is 11.8 Å². The number of hydrogen-bond donors (Lipinski definition) is 4. The number of nitrogens with zero attached hydrogens (tertiary/aromatic N) is 1. The summed E-state index contributed by atoms with van der Waals surface area (Å²) in [7, 11) is 0. The predicted octanol–water partition coefficient (Wildman–Crippen LogP) is 0.786. The molecule has 1 aliphatic carbocycles. The molecule has 1 saturated carbocycles. The molecule has 6 nitrogen and oxygen atoms in total. The lowest BCUT2D eigenvalue weighted by molar-refractivity contribution is 0.0936. The molecule has 1 aliphatic rings. The summed E-state index contributed by atoms with van der Waals surface area (Å²) in [6.45, 7) is 0. The van der Waals surface area contributed by atoms with Crippen LogP contribution in [0.25, 0.3) is 0 Å². The normalized spacial score (nSPS) is 17.0. The molecule has 2 rings (SSSR count). The quantitative estimate of drug-likeness (QED) is 0.280. The fourth-order valence-corrected chi connectivity index (χ4v) is 1.88. The van der Waals surface area contributed by atoms with E-state index >= 15 is 0 Å². The highest BCUT2D eigenvalue weighted by Gasteiger charge is 2.36. The van der Waals surface area contributed by atoms with E-state index in [2.05, 4.69) is 10.5 Å². The molecule has 0 saturated heterocycles. The number of halogens is 1. The number of aromatic hydroxyl groups is 1. The minimum absolute atomic E-state index is 0.0776. The van der Waals surface area contributed by atoms with Crippen LogP contribution >= 0.6 is 0 Å². The monoisotopic (exact) mass is 267 g/mol. The Morgan fingerprint density at radius 3 is 2.74 bits per heavy atom. The van der Waals surface area contributed by atoms with E-state index < -0.39 is 29.1 Å². The molecule has 7 heteroatoms. The highest BCUT2D eigenvalue weighted by Crippen LogP contribution is 2.33. The first kappa shape index (κ1) is 13.1. The molecule has 0 spiro atoms. The van der Waals surface area contributed by atoms with Crippen molar-refractivity contribution in [3.05, 3.63) is 29.6 Å². The maximum atomic E-state index is 13.5. The molecule has 0 aromatic heterocycles. The Morgan fingerprint density at radius 1 is 1.53 bits per heavy atom. The number of hydrogen-bond acceptors (Lipinski definition) is 4. The van der Waals surface area contributed by atoms with E-state index in [4.69, 9.17) is 10.9 Å². The van der Waals surface area contributed by atoms with E-state index in [0.717, 1.165) is 18.9 Å². The third-order valence-electron chi connectivity index (χ3n) is 3.03. The third kappa shape index (κ3) is 2.75. The van der Waals surface area contributed by atoms with Crippen LogP contribution in [0.1, 0.15) is 23.2 Å². The van der Waals surface area contributed by atoms with E-state index in [1.165, 1.54) is 12.1 Å². The van der Waals surface area contributed by atoms with Gasteiger partial charge in [-0.2, -0.15) is 0 Å². The molecule has 0 radical (unpaired) electrons. The van der Waals surface area contributed by atoms with E-state index in [1.54, 1.807) is 0 Å². The Hall–Kier alpha value is -2.31. The van der Waals surface area contributed by atoms with Gasteiger partial charge in [0, 0.05) is 0 Å². The Labute approximate surface area is 108 Å². The first-order valence-electron chi connectivity index (χ1n) is 5.80. The zero-order chi connectivity index (χ0) is 14.0. The number of amidine groups is 1. The lowest BCUT2D eigenvalue weighted by Crippen LogP contribution is -2.46. The summed E-state index contributed by atoms with van der Waals surface area (Å²) in [6.07, 6.45) is 1.68. The van der Waals surface area contributed by atoms with Crippen LogP contribution in [0.5, 0.6) is 5.75 Å². The summed E-state index contributed by atoms with van der Waals surface area (Å²) in [4.78, 5) is 11.9. The van der Waals surface area contributed by atoms with Crippen molar-refractivity contribution in [1.82, 2.24) is 5.32 Å². The number of benzene rings is 1. The van der Waals surface area contributed by atoms with Gasteiger partial charge in [0.25, 0.3) is 5.91 Å². The number of oxime groups is 1. The number of carbonyl (C=O) groups is 1. The number of phenolic OH excluding ortho intramolecular Hbond substituents is 1. The van der Waals surface area contributed by atoms with Crippen molar-refractivity contribution in [2.24, 2.45) is 16.8 Å². The third-order valence-corrected chi connectivity index (χ3v) is 3.03. The molecule has 102 valence electrons. The number of nitrogens with two attached hydrogens (primary N) is 1. The van der Waals surface area contributed by atoms with Gasteiger partial charge >= 0.3 is 0 Å². The van der Waals surface area contributed by atoms with Gasteiger partial charge in [-0.25, -0.2) is 4.39 Å². The molecular weight excluding hydrogens is 253 g/mol. The maximum Gasteiger partial charge on any atom is 0.258 e. The lowest BCUT2D eigenvalue weighted by atomic mass is 10.1. The van der Waals surface area contributed by atoms with Crippen LogP contribution in [0.15, 0.2) is 23.4 Å². The summed E-state index contributed by atoms with van der Waals surface area (Å²) in [5.74, 6) is -2.13. The van der Waals surface area contributed by atoms with Crippen molar-refractivity contribution in [3.8, 4) is 5.75 Å². The molecule has 19 heavy (non-hydrogen) atoms. The fourth-order valence-electron chi connectivity index (χ4n) is 1.88. The molecule has 0 aliphatic heterocycles. The van der Waals surface area contributed by atoms with Gasteiger partial charge in [-0.15, -0.1) is 0 Å². The summed E-state index contributed by atoms with van der Waals surface area (Å²) in [5.41, 5.74) is 5.04. The number of nitrogens with one attached hydrogen (secondary N) is 1. The van der Waals surface area contributed by atoms with Gasteiger partial charge in [0.2, 0.25) is 0 Å². The van der Waals surface area contributed by atoms with Gasteiger partial charge < -0.3 is 21.4 Å². The van der Waals surface area contributed by atoms with Crippen molar-refractivity contribution in [2.75, 3.05) is 0 Å². The van der Waals surface area contributed by atoms with Gasteiger partial charge in [-0.05, 0) is 30.9 Å². The number of carbonyl (C=O) groups excluding carboxylic acids is 1. The van der Waals surface area contributed by atoms with Gasteiger partial charge in [0.15, 0.2) is 5.84 Å². The molecule has 1 aromatic carbocycles. The van der Waals surface area contributed by atoms with Gasteiger partial charge in [0.05, 0.1) is 6.04 Å². The second-order valence-corrected chi connectivity index (χ2v) is 4.45. The smallest absolute Gasteiger partial charge is 0.258 e. The minimum Gasteiger partial charge on any atom is -0.507 e. The Morgan fingerprint density at radius 2 is 2.21 bits per heavy atom. The summed E-state index contributed by atoms with van der Waals surface area (Å²) >= 11 is 0. The van der Waals surface area contributed by atoms with Crippen LogP contribution in [0.4, 0.5) is 4.39 Å². The molecule has 1 aromatic rings. The van der Waals surface area contributed by atoms with Gasteiger partial charge in [-0.3, -0.25) is 4.79 Å². The van der Waals surface area contributed by atoms with E-state index in [1.807, 2.05) is 0 Å². The Bertz CT molecular complexity index is 509. The average Bonchev–Trinajstić information content (AvgIpc) is 3.19. The lowest BCUT2D eigenvalue weighted by Gasteiger charge is -2.17. The number of amides is 1. The largest absolute Gasteiger partial charge is 0.507 e. The summed E-state index contributed by atoms with van der Waals surface area (Å²) in [5, 5.41) is 23.5. The zero-order valence-electron chi connectivity index (χ0n) is 10.0. The predicted molar refractivity (Wildman–Crippen MR) is 65.5 cm³/mol. The zero-order valence-corrected chi connectivity index (χ0v) is 10.0. The minimum atomic E-state index is -0.827. The van der Waals surface area contributed by atoms with Crippen molar-refractivity contribution >= 4 is 11.7 Å². The van der Waals surface area contributed by atoms with Gasteiger partial charge in [0.1, 0.15) is 17.1 Å². The van der Waals surface area contributed by atoms with Crippen LogP contribution in [-0.4, -0.2) is 28.1 Å². The van der Waals surface area contributed by atoms with Gasteiger partial charge in [-0.1, -0.05) is 11.2 Å². The van der Waals surface area contributed by atoms with E-state index in [9.17, 15) is 14.3 Å². The van der Waals surface area contributed by atoms with Crippen LogP contribution in [-0.2, 0) is 0 Å². The van der Waals surface area contributed by atoms with Crippen molar-refractivity contribution in [3.63, 3.8) is 0 Å². The van der Waals surface area contributed by atoms with Crippen molar-refractivity contribution in [2.45, 2.75) is 18.9 Å². The molecule has 5 N–H and O–H groups in total. The highest BCUT2D eigenvalue weighted by atomic mass is 19.1. The van der Waals surface area contributed by atoms with Crippen molar-refractivity contribution in [1.29, 1.82) is 0 Å². The Kier molecular flexibility index (Phi) is 3.55. The van der Waals surface area contributed by atoms with Crippen LogP contribution in [0.2, 0.25) is 0 Å². The van der Waals surface area contributed by atoms with E-state index in [0.29, 0.717) is 0 Å². The number of phenols is 1. The SMILES string of the molecule is N/C(=N/O)C(NC(=O)c1c(O)cccc1F)C1CC1. The Balaban J connectivity index is 2.20. The average molecular weight is 267 g/mol. The first-order chi connectivity index (χ1) is 9.04. The molecule has 1 unspecified atom stereocenters. The van der Waals surface area contributed by atoms with Crippen LogP contribution in [0.3, 0.4) is 0 Å². The van der Waals surface area contributed by atoms with Crippen molar-refractivity contribution < 1.29 is 19.5 Å². The standard InChI is InChI=1S/C12H14FN3O3/c13-7-2-1-3-8(17)9(7)12(18)15-10(6-4-5-6)11(14)16-19/h1-3,6,10,17,19H,4-5H2,(H2,14,16)(H,15,18). The maximum absolute atomic E-state index is 13.5. The first-order valence-corrected chi connectivity index (χ1v) is 5.80. The summed E-state index contributed by atoms with van der Waals surface area (Å²) < 4.78 is 13.5. The highest BCUT2D eigenvalue weighted by molar-refractivity contribution is 6.00. The second kappa shape index (κ2) is 5.13. The molecule has 1 atom stereocenters. The fraction of sp³-hybridized carbons (Fsp3) is 0.333. The van der Waals surface area contributed by atoms with Crippen LogP contribution in [0, 0.1) is 11.7 Å². The molecule has 0 bridgehead atoms. The topological polar surface area (TPSA) is 108 Å². The molecule has 1 amide bonds. The summed E-state index contributed by atoms with van der Waals surface area (Å²) in [6, 6.07) is 2.93. The van der Waals surface area contributed by atoms with Crippen LogP contribution < -0.4 is 11.1 Å². The number of rotatable bonds is 4.